The molecule has 1 aliphatic carbocycles. The van der Waals surface area contributed by atoms with Gasteiger partial charge in [-0.2, -0.15) is 0 Å². The number of rotatable bonds is 2. The molecule has 0 aliphatic heterocycles. The Hall–Kier alpha value is -1.32. The summed E-state index contributed by atoms with van der Waals surface area (Å²) in [5.74, 6) is 1.10. The van der Waals surface area contributed by atoms with Gasteiger partial charge in [-0.3, -0.25) is 4.79 Å². The molecule has 1 heterocycles. The van der Waals surface area contributed by atoms with Gasteiger partial charge in [0, 0.05) is 24.0 Å². The molecular formula is C16H27N3O. The lowest BCUT2D eigenvalue weighted by atomic mass is 9.97. The van der Waals surface area contributed by atoms with Gasteiger partial charge < -0.3 is 9.88 Å². The molecule has 0 amide bonds. The van der Waals surface area contributed by atoms with Crippen molar-refractivity contribution in [1.82, 2.24) is 9.55 Å². The smallest absolute Gasteiger partial charge is 0.293 e. The molecular weight excluding hydrogens is 250 g/mol. The van der Waals surface area contributed by atoms with E-state index in [1.54, 1.807) is 17.0 Å². The molecule has 0 saturated heterocycles. The van der Waals surface area contributed by atoms with E-state index in [0.29, 0.717) is 17.8 Å². The highest BCUT2D eigenvalue weighted by Gasteiger charge is 2.22. The Morgan fingerprint density at radius 3 is 2.65 bits per heavy atom. The van der Waals surface area contributed by atoms with Crippen molar-refractivity contribution < 1.29 is 0 Å². The molecule has 1 saturated carbocycles. The molecule has 112 valence electrons. The molecule has 0 aromatic carbocycles. The van der Waals surface area contributed by atoms with Crippen LogP contribution in [0.5, 0.6) is 0 Å². The van der Waals surface area contributed by atoms with Crippen LogP contribution in [0.1, 0.15) is 59.8 Å². The number of hydrogen-bond acceptors (Lipinski definition) is 3. The average molecular weight is 277 g/mol. The predicted octanol–water partition coefficient (Wildman–Crippen LogP) is 3.38. The predicted molar refractivity (Wildman–Crippen MR) is 83.2 cm³/mol. The quantitative estimate of drug-likeness (QED) is 0.843. The molecule has 0 spiro atoms. The first-order valence-corrected chi connectivity index (χ1v) is 7.74. The summed E-state index contributed by atoms with van der Waals surface area (Å²) in [6.07, 6.45) is 9.69. The second-order valence-electron chi connectivity index (χ2n) is 6.99. The molecule has 1 aliphatic rings. The number of nitrogens with one attached hydrogen (secondary N) is 1. The van der Waals surface area contributed by atoms with E-state index >= 15 is 0 Å². The van der Waals surface area contributed by atoms with Crippen LogP contribution in [-0.4, -0.2) is 15.6 Å². The first-order valence-electron chi connectivity index (χ1n) is 7.74. The van der Waals surface area contributed by atoms with Crippen molar-refractivity contribution in [3.63, 3.8) is 0 Å². The van der Waals surface area contributed by atoms with Gasteiger partial charge in [-0.25, -0.2) is 4.98 Å². The number of aromatic nitrogens is 2. The Labute approximate surface area is 121 Å². The van der Waals surface area contributed by atoms with Gasteiger partial charge in [0.2, 0.25) is 0 Å². The van der Waals surface area contributed by atoms with Crippen LogP contribution in [0.15, 0.2) is 17.2 Å². The van der Waals surface area contributed by atoms with Crippen molar-refractivity contribution in [2.75, 3.05) is 5.32 Å². The molecule has 0 bridgehead atoms. The lowest BCUT2D eigenvalue weighted by Crippen LogP contribution is -2.37. The van der Waals surface area contributed by atoms with E-state index in [2.05, 4.69) is 17.2 Å². The average Bonchev–Trinajstić information content (AvgIpc) is 2.56. The number of anilines is 1. The van der Waals surface area contributed by atoms with E-state index in [4.69, 9.17) is 0 Å². The third kappa shape index (κ3) is 3.41. The van der Waals surface area contributed by atoms with Gasteiger partial charge in [-0.15, -0.1) is 0 Å². The molecule has 0 radical (unpaired) electrons. The van der Waals surface area contributed by atoms with Crippen molar-refractivity contribution in [2.24, 2.45) is 5.92 Å². The second-order valence-corrected chi connectivity index (χ2v) is 6.99. The van der Waals surface area contributed by atoms with Gasteiger partial charge in [0.05, 0.1) is 0 Å². The lowest BCUT2D eigenvalue weighted by Gasteiger charge is -2.26. The lowest BCUT2D eigenvalue weighted by molar-refractivity contribution is 0.382. The van der Waals surface area contributed by atoms with Crippen LogP contribution in [0.4, 0.5) is 5.82 Å². The first kappa shape index (κ1) is 15.1. The van der Waals surface area contributed by atoms with Crippen molar-refractivity contribution in [2.45, 2.75) is 71.4 Å². The van der Waals surface area contributed by atoms with Crippen molar-refractivity contribution in [3.05, 3.63) is 22.7 Å². The zero-order valence-electron chi connectivity index (χ0n) is 13.1. The summed E-state index contributed by atoms with van der Waals surface area (Å²) in [5.41, 5.74) is -0.234. The normalized spacial score (nSPS) is 24.2. The summed E-state index contributed by atoms with van der Waals surface area (Å²) in [4.78, 5) is 16.8. The largest absolute Gasteiger partial charge is 0.362 e. The van der Waals surface area contributed by atoms with Gasteiger partial charge in [-0.05, 0) is 39.5 Å². The van der Waals surface area contributed by atoms with E-state index in [-0.39, 0.29) is 11.1 Å². The molecule has 2 atom stereocenters. The van der Waals surface area contributed by atoms with E-state index in [1.807, 2.05) is 20.8 Å². The Morgan fingerprint density at radius 2 is 1.95 bits per heavy atom. The maximum Gasteiger partial charge on any atom is 0.293 e. The molecule has 1 N–H and O–H groups in total. The third-order valence-electron chi connectivity index (χ3n) is 4.25. The molecule has 4 nitrogen and oxygen atoms in total. The van der Waals surface area contributed by atoms with Gasteiger partial charge in [0.1, 0.15) is 0 Å². The highest BCUT2D eigenvalue weighted by atomic mass is 16.1. The minimum Gasteiger partial charge on any atom is -0.362 e. The molecule has 2 unspecified atom stereocenters. The van der Waals surface area contributed by atoms with Gasteiger partial charge in [0.15, 0.2) is 5.82 Å². The monoisotopic (exact) mass is 277 g/mol. The number of nitrogens with zero attached hydrogens (tertiary/aromatic N) is 2. The second kappa shape index (κ2) is 5.98. The SMILES string of the molecule is CC1CCCCCC1Nc1nccn(C(C)(C)C)c1=O. The fourth-order valence-corrected chi connectivity index (χ4v) is 2.92. The van der Waals surface area contributed by atoms with Gasteiger partial charge in [0.25, 0.3) is 5.56 Å². The molecule has 2 rings (SSSR count). The summed E-state index contributed by atoms with van der Waals surface area (Å²) in [6.45, 7) is 8.37. The van der Waals surface area contributed by atoms with Gasteiger partial charge >= 0.3 is 0 Å². The Balaban J connectivity index is 2.23. The van der Waals surface area contributed by atoms with E-state index < -0.39 is 0 Å². The molecule has 1 aromatic rings. The summed E-state index contributed by atoms with van der Waals surface area (Å²) in [5, 5.41) is 3.41. The topological polar surface area (TPSA) is 46.9 Å². The highest BCUT2D eigenvalue weighted by molar-refractivity contribution is 5.33. The van der Waals surface area contributed by atoms with E-state index in [0.717, 1.165) is 6.42 Å². The third-order valence-corrected chi connectivity index (χ3v) is 4.25. The van der Waals surface area contributed by atoms with Crippen molar-refractivity contribution >= 4 is 5.82 Å². The summed E-state index contributed by atoms with van der Waals surface area (Å²) in [7, 11) is 0. The first-order chi connectivity index (χ1) is 9.39. The number of hydrogen-bond donors (Lipinski definition) is 1. The van der Waals surface area contributed by atoms with Crippen LogP contribution in [-0.2, 0) is 5.54 Å². The van der Waals surface area contributed by atoms with Crippen molar-refractivity contribution in [3.8, 4) is 0 Å². The maximum atomic E-state index is 12.5. The standard InChI is InChI=1S/C16H27N3O/c1-12-8-6-5-7-9-13(12)18-14-15(20)19(11-10-17-14)16(2,3)4/h10-13H,5-9H2,1-4H3,(H,17,18). The van der Waals surface area contributed by atoms with Crippen LogP contribution in [0.25, 0.3) is 0 Å². The Bertz CT molecular complexity index is 501. The summed E-state index contributed by atoms with van der Waals surface area (Å²) in [6, 6.07) is 0.369. The molecule has 1 fully saturated rings. The van der Waals surface area contributed by atoms with E-state index in [1.165, 1.54) is 25.7 Å². The van der Waals surface area contributed by atoms with Crippen LogP contribution in [0.2, 0.25) is 0 Å². The molecule has 1 aromatic heterocycles. The Kier molecular flexibility index (Phi) is 4.51. The summed E-state index contributed by atoms with van der Waals surface area (Å²) < 4.78 is 1.75. The maximum absolute atomic E-state index is 12.5. The zero-order chi connectivity index (χ0) is 14.8. The minimum atomic E-state index is -0.217. The van der Waals surface area contributed by atoms with Crippen LogP contribution < -0.4 is 10.9 Å². The van der Waals surface area contributed by atoms with Crippen molar-refractivity contribution in [1.29, 1.82) is 0 Å². The molecule has 4 heteroatoms. The highest BCUT2D eigenvalue weighted by Crippen LogP contribution is 2.24. The zero-order valence-corrected chi connectivity index (χ0v) is 13.1. The van der Waals surface area contributed by atoms with Crippen LogP contribution in [0.3, 0.4) is 0 Å². The summed E-state index contributed by atoms with van der Waals surface area (Å²) >= 11 is 0. The Morgan fingerprint density at radius 1 is 1.25 bits per heavy atom. The fourth-order valence-electron chi connectivity index (χ4n) is 2.92. The van der Waals surface area contributed by atoms with Crippen LogP contribution in [0, 0.1) is 5.92 Å². The minimum absolute atomic E-state index is 0.0172. The van der Waals surface area contributed by atoms with Crippen LogP contribution >= 0.6 is 0 Å². The molecule has 20 heavy (non-hydrogen) atoms. The van der Waals surface area contributed by atoms with E-state index in [9.17, 15) is 4.79 Å². The van der Waals surface area contributed by atoms with Gasteiger partial charge in [-0.1, -0.05) is 26.2 Å². The fraction of sp³-hybridized carbons (Fsp3) is 0.750.